The number of hydrogen-bond acceptors (Lipinski definition) is 3. The predicted octanol–water partition coefficient (Wildman–Crippen LogP) is 3.00. The fourth-order valence-electron chi connectivity index (χ4n) is 1.85. The highest BCUT2D eigenvalue weighted by molar-refractivity contribution is 5.77. The van der Waals surface area contributed by atoms with Gasteiger partial charge in [-0.2, -0.15) is 0 Å². The lowest BCUT2D eigenvalue weighted by molar-refractivity contribution is -0.385. The van der Waals surface area contributed by atoms with Crippen LogP contribution in [0.2, 0.25) is 0 Å². The molecule has 0 amide bonds. The molecule has 0 fully saturated rings. The molecule has 0 N–H and O–H groups in total. The Labute approximate surface area is 104 Å². The molecule has 2 rings (SSSR count). The minimum atomic E-state index is -0.404. The van der Waals surface area contributed by atoms with Crippen molar-refractivity contribution in [3.8, 4) is 0 Å². The first-order valence-corrected chi connectivity index (χ1v) is 5.47. The highest BCUT2D eigenvalue weighted by atomic mass is 16.6. The van der Waals surface area contributed by atoms with Crippen molar-refractivity contribution in [2.24, 2.45) is 0 Å². The first-order chi connectivity index (χ1) is 8.72. The monoisotopic (exact) mass is 241 g/mol. The minimum Gasteiger partial charge on any atom is -0.298 e. The molecule has 0 spiro atoms. The van der Waals surface area contributed by atoms with Gasteiger partial charge in [0.2, 0.25) is 0 Å². The predicted molar refractivity (Wildman–Crippen MR) is 67.7 cm³/mol. The molecule has 0 aliphatic rings. The number of rotatable bonds is 4. The first kappa shape index (κ1) is 12.0. The van der Waals surface area contributed by atoms with Crippen LogP contribution in [-0.2, 0) is 6.42 Å². The molecular formula is C14H11NO3. The molecule has 18 heavy (non-hydrogen) atoms. The summed E-state index contributed by atoms with van der Waals surface area (Å²) in [6, 6.07) is 13.7. The summed E-state index contributed by atoms with van der Waals surface area (Å²) >= 11 is 0. The van der Waals surface area contributed by atoms with E-state index < -0.39 is 4.92 Å². The van der Waals surface area contributed by atoms with E-state index in [0.717, 1.165) is 11.8 Å². The summed E-state index contributed by atoms with van der Waals surface area (Å²) in [6.07, 6.45) is 1.15. The van der Waals surface area contributed by atoms with Crippen molar-refractivity contribution in [2.75, 3.05) is 0 Å². The molecule has 0 saturated carbocycles. The Morgan fingerprint density at radius 2 is 1.61 bits per heavy atom. The standard InChI is InChI=1S/C14H11NO3/c16-10-13-7-2-1-5-11(13)9-12-6-3-4-8-14(12)15(17)18/h1-8,10H,9H2. The van der Waals surface area contributed by atoms with Crippen LogP contribution in [0, 0.1) is 10.1 Å². The normalized spacial score (nSPS) is 10.0. The lowest BCUT2D eigenvalue weighted by Gasteiger charge is -2.05. The number of aldehydes is 1. The van der Waals surface area contributed by atoms with Crippen LogP contribution in [-0.4, -0.2) is 11.2 Å². The van der Waals surface area contributed by atoms with Crippen molar-refractivity contribution >= 4 is 12.0 Å². The lowest BCUT2D eigenvalue weighted by Crippen LogP contribution is -1.98. The number of carbonyl (C=O) groups excluding carboxylic acids is 1. The molecule has 0 aromatic heterocycles. The van der Waals surface area contributed by atoms with Crippen LogP contribution in [0.15, 0.2) is 48.5 Å². The van der Waals surface area contributed by atoms with Gasteiger partial charge in [0, 0.05) is 23.6 Å². The molecule has 0 unspecified atom stereocenters. The van der Waals surface area contributed by atoms with E-state index in [1.54, 1.807) is 36.4 Å². The van der Waals surface area contributed by atoms with Crippen molar-refractivity contribution in [3.05, 3.63) is 75.3 Å². The van der Waals surface area contributed by atoms with Gasteiger partial charge in [0.1, 0.15) is 6.29 Å². The van der Waals surface area contributed by atoms with Gasteiger partial charge in [-0.15, -0.1) is 0 Å². The average molecular weight is 241 g/mol. The second-order valence-corrected chi connectivity index (χ2v) is 3.88. The SMILES string of the molecule is O=Cc1ccccc1Cc1ccccc1[N+](=O)[O-]. The lowest BCUT2D eigenvalue weighted by atomic mass is 9.99. The van der Waals surface area contributed by atoms with Crippen LogP contribution in [0.25, 0.3) is 0 Å². The molecule has 2 aromatic rings. The van der Waals surface area contributed by atoms with Crippen molar-refractivity contribution in [3.63, 3.8) is 0 Å². The van der Waals surface area contributed by atoms with Gasteiger partial charge >= 0.3 is 0 Å². The second-order valence-electron chi connectivity index (χ2n) is 3.88. The van der Waals surface area contributed by atoms with Gasteiger partial charge in [-0.1, -0.05) is 42.5 Å². The maximum absolute atomic E-state index is 10.9. The van der Waals surface area contributed by atoms with Gasteiger partial charge in [0.25, 0.3) is 5.69 Å². The number of benzene rings is 2. The summed E-state index contributed by atoms with van der Waals surface area (Å²) in [5.74, 6) is 0. The van der Waals surface area contributed by atoms with E-state index in [-0.39, 0.29) is 5.69 Å². The number of carbonyl (C=O) groups is 1. The van der Waals surface area contributed by atoms with E-state index in [9.17, 15) is 14.9 Å². The molecule has 2 aromatic carbocycles. The van der Waals surface area contributed by atoms with E-state index in [1.807, 2.05) is 6.07 Å². The van der Waals surface area contributed by atoms with Crippen LogP contribution in [0.5, 0.6) is 0 Å². The molecule has 0 aliphatic carbocycles. The molecule has 0 radical (unpaired) electrons. The molecule has 0 atom stereocenters. The summed E-state index contributed by atoms with van der Waals surface area (Å²) in [5.41, 5.74) is 2.05. The highest BCUT2D eigenvalue weighted by Crippen LogP contribution is 2.22. The maximum Gasteiger partial charge on any atom is 0.272 e. The van der Waals surface area contributed by atoms with E-state index in [0.29, 0.717) is 17.5 Å². The molecule has 0 heterocycles. The minimum absolute atomic E-state index is 0.0817. The molecular weight excluding hydrogens is 230 g/mol. The van der Waals surface area contributed by atoms with E-state index in [1.165, 1.54) is 6.07 Å². The third kappa shape index (κ3) is 2.43. The van der Waals surface area contributed by atoms with Gasteiger partial charge in [0.05, 0.1) is 4.92 Å². The molecule has 0 bridgehead atoms. The largest absolute Gasteiger partial charge is 0.298 e. The van der Waals surface area contributed by atoms with Crippen LogP contribution in [0.1, 0.15) is 21.5 Å². The Morgan fingerprint density at radius 1 is 1.00 bits per heavy atom. The fourth-order valence-corrected chi connectivity index (χ4v) is 1.85. The van der Waals surface area contributed by atoms with Crippen LogP contribution in [0.3, 0.4) is 0 Å². The highest BCUT2D eigenvalue weighted by Gasteiger charge is 2.13. The van der Waals surface area contributed by atoms with Gasteiger partial charge in [-0.05, 0) is 5.56 Å². The molecule has 4 heteroatoms. The van der Waals surface area contributed by atoms with E-state index >= 15 is 0 Å². The number of nitro benzene ring substituents is 1. The Morgan fingerprint density at radius 3 is 2.28 bits per heavy atom. The first-order valence-electron chi connectivity index (χ1n) is 5.47. The Hall–Kier alpha value is -2.49. The molecule has 0 saturated heterocycles. The smallest absolute Gasteiger partial charge is 0.272 e. The van der Waals surface area contributed by atoms with Crippen molar-refractivity contribution in [2.45, 2.75) is 6.42 Å². The maximum atomic E-state index is 10.9. The fraction of sp³-hybridized carbons (Fsp3) is 0.0714. The van der Waals surface area contributed by atoms with Gasteiger partial charge in [-0.25, -0.2) is 0 Å². The molecule has 90 valence electrons. The summed E-state index contributed by atoms with van der Waals surface area (Å²) < 4.78 is 0. The van der Waals surface area contributed by atoms with Crippen molar-refractivity contribution < 1.29 is 9.72 Å². The molecule has 4 nitrogen and oxygen atoms in total. The number of nitro groups is 1. The van der Waals surface area contributed by atoms with Crippen LogP contribution < -0.4 is 0 Å². The van der Waals surface area contributed by atoms with Gasteiger partial charge < -0.3 is 0 Å². The van der Waals surface area contributed by atoms with Gasteiger partial charge in [0.15, 0.2) is 0 Å². The zero-order valence-corrected chi connectivity index (χ0v) is 9.58. The van der Waals surface area contributed by atoms with Crippen molar-refractivity contribution in [1.82, 2.24) is 0 Å². The summed E-state index contributed by atoms with van der Waals surface area (Å²) in [6.45, 7) is 0. The number of nitrogens with zero attached hydrogens (tertiary/aromatic N) is 1. The Kier molecular flexibility index (Phi) is 3.48. The van der Waals surface area contributed by atoms with E-state index in [2.05, 4.69) is 0 Å². The molecule has 0 aliphatic heterocycles. The summed E-state index contributed by atoms with van der Waals surface area (Å²) in [4.78, 5) is 21.4. The average Bonchev–Trinajstić information content (AvgIpc) is 2.40. The summed E-state index contributed by atoms with van der Waals surface area (Å²) in [7, 11) is 0. The van der Waals surface area contributed by atoms with Crippen molar-refractivity contribution in [1.29, 1.82) is 0 Å². The van der Waals surface area contributed by atoms with E-state index in [4.69, 9.17) is 0 Å². The van der Waals surface area contributed by atoms with Gasteiger partial charge in [-0.3, -0.25) is 14.9 Å². The zero-order chi connectivity index (χ0) is 13.0. The third-order valence-corrected chi connectivity index (χ3v) is 2.75. The zero-order valence-electron chi connectivity index (χ0n) is 9.58. The number of hydrogen-bond donors (Lipinski definition) is 0. The summed E-state index contributed by atoms with van der Waals surface area (Å²) in [5, 5.41) is 10.9. The third-order valence-electron chi connectivity index (χ3n) is 2.75. The Balaban J connectivity index is 2.40. The topological polar surface area (TPSA) is 60.2 Å². The Bertz CT molecular complexity index is 593. The quantitative estimate of drug-likeness (QED) is 0.469. The second kappa shape index (κ2) is 5.23. The van der Waals surface area contributed by atoms with Crippen LogP contribution >= 0.6 is 0 Å². The van der Waals surface area contributed by atoms with Crippen LogP contribution in [0.4, 0.5) is 5.69 Å². The number of para-hydroxylation sites is 1.